The second-order valence-electron chi connectivity index (χ2n) is 6.55. The van der Waals surface area contributed by atoms with Crippen LogP contribution in [0.5, 0.6) is 11.5 Å². The third-order valence-electron chi connectivity index (χ3n) is 4.47. The fourth-order valence-corrected chi connectivity index (χ4v) is 3.08. The number of ether oxygens (including phenoxy) is 2. The molecule has 1 aromatic carbocycles. The minimum absolute atomic E-state index is 0.145. The van der Waals surface area contributed by atoms with E-state index in [1.165, 1.54) is 25.3 Å². The van der Waals surface area contributed by atoms with Gasteiger partial charge in [-0.2, -0.15) is 8.78 Å². The van der Waals surface area contributed by atoms with Gasteiger partial charge in [0, 0.05) is 24.7 Å². The molecule has 0 aliphatic carbocycles. The number of piperidine rings is 1. The highest BCUT2D eigenvalue weighted by atomic mass is 19.3. The van der Waals surface area contributed by atoms with Crippen molar-refractivity contribution in [3.8, 4) is 11.5 Å². The molecule has 0 radical (unpaired) electrons. The summed E-state index contributed by atoms with van der Waals surface area (Å²) in [5, 5.41) is 2.90. The molecule has 2 rings (SSSR count). The van der Waals surface area contributed by atoms with Crippen molar-refractivity contribution < 1.29 is 23.0 Å². The van der Waals surface area contributed by atoms with Crippen LogP contribution in [0.15, 0.2) is 18.2 Å². The Labute approximate surface area is 147 Å². The Kier molecular flexibility index (Phi) is 6.99. The van der Waals surface area contributed by atoms with Gasteiger partial charge in [0.1, 0.15) is 0 Å². The molecule has 1 N–H and O–H groups in total. The van der Waals surface area contributed by atoms with Gasteiger partial charge in [0.15, 0.2) is 11.5 Å². The molecule has 1 aliphatic rings. The van der Waals surface area contributed by atoms with Crippen molar-refractivity contribution in [2.75, 3.05) is 26.7 Å². The normalized spacial score (nSPS) is 18.4. The monoisotopic (exact) mass is 356 g/mol. The predicted molar refractivity (Wildman–Crippen MR) is 91.4 cm³/mol. The number of rotatable bonds is 7. The minimum atomic E-state index is -2.98. The molecule has 1 heterocycles. The number of alkyl halides is 2. The van der Waals surface area contributed by atoms with E-state index in [4.69, 9.17) is 4.74 Å². The fourth-order valence-electron chi connectivity index (χ4n) is 3.08. The Morgan fingerprint density at radius 3 is 2.76 bits per heavy atom. The Morgan fingerprint density at radius 1 is 1.36 bits per heavy atom. The van der Waals surface area contributed by atoms with Crippen molar-refractivity contribution in [2.45, 2.75) is 39.3 Å². The second-order valence-corrected chi connectivity index (χ2v) is 6.55. The Morgan fingerprint density at radius 2 is 2.12 bits per heavy atom. The van der Waals surface area contributed by atoms with E-state index in [0.717, 1.165) is 25.9 Å². The molecule has 140 valence electrons. The van der Waals surface area contributed by atoms with Gasteiger partial charge in [-0.1, -0.05) is 0 Å². The molecule has 1 atom stereocenters. The van der Waals surface area contributed by atoms with Gasteiger partial charge in [-0.15, -0.1) is 0 Å². The molecule has 0 spiro atoms. The molecule has 1 amide bonds. The van der Waals surface area contributed by atoms with Crippen molar-refractivity contribution in [3.05, 3.63) is 23.8 Å². The van der Waals surface area contributed by atoms with E-state index in [0.29, 0.717) is 18.5 Å². The minimum Gasteiger partial charge on any atom is -0.493 e. The zero-order valence-electron chi connectivity index (χ0n) is 14.9. The van der Waals surface area contributed by atoms with Gasteiger partial charge in [-0.05, 0) is 57.4 Å². The number of benzene rings is 1. The van der Waals surface area contributed by atoms with Gasteiger partial charge < -0.3 is 19.7 Å². The van der Waals surface area contributed by atoms with Crippen LogP contribution in [0.4, 0.5) is 8.78 Å². The summed E-state index contributed by atoms with van der Waals surface area (Å²) in [6.45, 7) is 3.98. The van der Waals surface area contributed by atoms with Crippen molar-refractivity contribution in [1.82, 2.24) is 10.2 Å². The molecule has 25 heavy (non-hydrogen) atoms. The zero-order valence-corrected chi connectivity index (χ0v) is 14.9. The molecule has 1 aromatic rings. The summed E-state index contributed by atoms with van der Waals surface area (Å²) in [6, 6.07) is 4.76. The quantitative estimate of drug-likeness (QED) is 0.815. The average molecular weight is 356 g/mol. The number of nitrogens with one attached hydrogen (secondary N) is 1. The van der Waals surface area contributed by atoms with E-state index in [-0.39, 0.29) is 23.0 Å². The number of amides is 1. The van der Waals surface area contributed by atoms with E-state index < -0.39 is 6.61 Å². The number of halogens is 2. The van der Waals surface area contributed by atoms with Crippen LogP contribution in [0.1, 0.15) is 37.0 Å². The first-order chi connectivity index (χ1) is 11.9. The van der Waals surface area contributed by atoms with E-state index in [2.05, 4.69) is 28.8 Å². The van der Waals surface area contributed by atoms with E-state index >= 15 is 0 Å². The second kappa shape index (κ2) is 8.99. The first kappa shape index (κ1) is 19.4. The van der Waals surface area contributed by atoms with Crippen LogP contribution < -0.4 is 14.8 Å². The number of carbonyl (C=O) groups excluding carboxylic acids is 1. The highest BCUT2D eigenvalue weighted by Gasteiger charge is 2.22. The summed E-state index contributed by atoms with van der Waals surface area (Å²) in [5.41, 5.74) is 0.271. The van der Waals surface area contributed by atoms with Crippen molar-refractivity contribution in [1.29, 1.82) is 0 Å². The van der Waals surface area contributed by atoms with Crippen LogP contribution in [0.25, 0.3) is 0 Å². The van der Waals surface area contributed by atoms with E-state index in [9.17, 15) is 13.6 Å². The summed E-state index contributed by atoms with van der Waals surface area (Å²) in [4.78, 5) is 14.7. The number of hydrogen-bond donors (Lipinski definition) is 1. The van der Waals surface area contributed by atoms with Crippen molar-refractivity contribution in [3.63, 3.8) is 0 Å². The topological polar surface area (TPSA) is 50.8 Å². The van der Waals surface area contributed by atoms with Crippen LogP contribution >= 0.6 is 0 Å². The van der Waals surface area contributed by atoms with Gasteiger partial charge in [0.05, 0.1) is 7.11 Å². The molecule has 0 bridgehead atoms. The average Bonchev–Trinajstić information content (AvgIpc) is 2.59. The van der Waals surface area contributed by atoms with E-state index in [1.807, 2.05) is 0 Å². The Bertz CT molecular complexity index is 581. The maximum Gasteiger partial charge on any atom is 0.387 e. The predicted octanol–water partition coefficient (Wildman–Crippen LogP) is 3.15. The molecule has 1 fully saturated rings. The number of carbonyl (C=O) groups is 1. The van der Waals surface area contributed by atoms with Gasteiger partial charge in [-0.3, -0.25) is 4.79 Å². The third kappa shape index (κ3) is 5.56. The molecule has 0 saturated carbocycles. The van der Waals surface area contributed by atoms with Crippen LogP contribution in [-0.4, -0.2) is 50.2 Å². The smallest absolute Gasteiger partial charge is 0.387 e. The number of hydrogen-bond acceptors (Lipinski definition) is 4. The van der Waals surface area contributed by atoms with Crippen LogP contribution in [0, 0.1) is 5.92 Å². The van der Waals surface area contributed by atoms with Crippen LogP contribution in [-0.2, 0) is 0 Å². The number of methoxy groups -OCH3 is 1. The highest BCUT2D eigenvalue weighted by molar-refractivity contribution is 5.94. The third-order valence-corrected chi connectivity index (χ3v) is 4.47. The summed E-state index contributed by atoms with van der Waals surface area (Å²) < 4.78 is 34.4. The summed E-state index contributed by atoms with van der Waals surface area (Å²) in [6.07, 6.45) is 2.19. The van der Waals surface area contributed by atoms with Gasteiger partial charge in [-0.25, -0.2) is 0 Å². The molecule has 7 heteroatoms. The van der Waals surface area contributed by atoms with Gasteiger partial charge in [0.25, 0.3) is 5.91 Å². The lowest BCUT2D eigenvalue weighted by Gasteiger charge is -2.35. The molecular formula is C18H26F2N2O3. The molecule has 1 saturated heterocycles. The molecular weight excluding hydrogens is 330 g/mol. The molecule has 1 aliphatic heterocycles. The lowest BCUT2D eigenvalue weighted by Crippen LogP contribution is -2.43. The van der Waals surface area contributed by atoms with Crippen LogP contribution in [0.2, 0.25) is 0 Å². The van der Waals surface area contributed by atoms with Crippen LogP contribution in [0.3, 0.4) is 0 Å². The lowest BCUT2D eigenvalue weighted by molar-refractivity contribution is -0.0512. The first-order valence-electron chi connectivity index (χ1n) is 8.55. The first-order valence-corrected chi connectivity index (χ1v) is 8.55. The fraction of sp³-hybridized carbons (Fsp3) is 0.611. The number of nitrogens with zero attached hydrogens (tertiary/aromatic N) is 1. The molecule has 0 aromatic heterocycles. The highest BCUT2D eigenvalue weighted by Crippen LogP contribution is 2.29. The molecule has 1 unspecified atom stereocenters. The SMILES string of the molecule is COc1ccc(C(=O)NCC2CCCN(C(C)C)C2)cc1OC(F)F. The number of likely N-dealkylation sites (tertiary alicyclic amines) is 1. The van der Waals surface area contributed by atoms with Crippen molar-refractivity contribution >= 4 is 5.91 Å². The zero-order chi connectivity index (χ0) is 18.4. The summed E-state index contributed by atoms with van der Waals surface area (Å²) >= 11 is 0. The maximum absolute atomic E-state index is 12.5. The van der Waals surface area contributed by atoms with Gasteiger partial charge >= 0.3 is 6.61 Å². The Hall–Kier alpha value is -1.89. The maximum atomic E-state index is 12.5. The van der Waals surface area contributed by atoms with Crippen molar-refractivity contribution in [2.24, 2.45) is 5.92 Å². The summed E-state index contributed by atoms with van der Waals surface area (Å²) in [7, 11) is 1.36. The largest absolute Gasteiger partial charge is 0.493 e. The summed E-state index contributed by atoms with van der Waals surface area (Å²) in [5.74, 6) is 0.115. The standard InChI is InChI=1S/C18H26F2N2O3/c1-12(2)22-8-4-5-13(11-22)10-21-17(23)14-6-7-15(24-3)16(9-14)25-18(19)20/h6-7,9,12-13,18H,4-5,8,10-11H2,1-3H3,(H,21,23). The Balaban J connectivity index is 1.96. The lowest BCUT2D eigenvalue weighted by atomic mass is 9.97. The molecule has 5 nitrogen and oxygen atoms in total. The van der Waals surface area contributed by atoms with E-state index in [1.54, 1.807) is 0 Å². The van der Waals surface area contributed by atoms with Gasteiger partial charge in [0.2, 0.25) is 0 Å².